The van der Waals surface area contributed by atoms with Crippen LogP contribution in [0.15, 0.2) is 0 Å². The Hall–Kier alpha value is -0.710. The van der Waals surface area contributed by atoms with Gasteiger partial charge in [0, 0.05) is 18.2 Å². The summed E-state index contributed by atoms with van der Waals surface area (Å²) in [6.07, 6.45) is 3.44. The Labute approximate surface area is 113 Å². The Morgan fingerprint density at radius 2 is 2.06 bits per heavy atom. The summed E-state index contributed by atoms with van der Waals surface area (Å²) in [4.78, 5) is 23.1. The molecule has 0 aliphatic carbocycles. The fraction of sp³-hybridized carbons (Fsp3) is 0.846. The number of carboxylic acid groups (broad SMARTS) is 1. The largest absolute Gasteiger partial charge is 0.481 e. The second-order valence-electron chi connectivity index (χ2n) is 4.91. The fourth-order valence-corrected chi connectivity index (χ4v) is 3.48. The van der Waals surface area contributed by atoms with Gasteiger partial charge in [0.05, 0.1) is 5.41 Å². The smallest absolute Gasteiger partial charge is 0.310 e. The van der Waals surface area contributed by atoms with Crippen LogP contribution in [-0.4, -0.2) is 34.5 Å². The SMILES string of the molecule is CCC(CC)(CC(=O)NCC1CCCS1)C(=O)O. The third kappa shape index (κ3) is 3.90. The summed E-state index contributed by atoms with van der Waals surface area (Å²) in [6.45, 7) is 4.34. The van der Waals surface area contributed by atoms with Crippen molar-refractivity contribution in [1.29, 1.82) is 0 Å². The van der Waals surface area contributed by atoms with Gasteiger partial charge in [0.25, 0.3) is 0 Å². The van der Waals surface area contributed by atoms with Crippen molar-refractivity contribution in [3.8, 4) is 0 Å². The summed E-state index contributed by atoms with van der Waals surface area (Å²) in [7, 11) is 0. The molecule has 1 rings (SSSR count). The van der Waals surface area contributed by atoms with Gasteiger partial charge in [-0.25, -0.2) is 0 Å². The number of carboxylic acids is 1. The van der Waals surface area contributed by atoms with Crippen molar-refractivity contribution in [3.63, 3.8) is 0 Å². The number of thioether (sulfide) groups is 1. The minimum Gasteiger partial charge on any atom is -0.481 e. The molecule has 1 aliphatic rings. The normalized spacial score (nSPS) is 19.8. The quantitative estimate of drug-likeness (QED) is 0.747. The summed E-state index contributed by atoms with van der Waals surface area (Å²) < 4.78 is 0. The van der Waals surface area contributed by atoms with Crippen molar-refractivity contribution in [2.24, 2.45) is 5.41 Å². The molecule has 0 radical (unpaired) electrons. The number of aliphatic carboxylic acids is 1. The highest BCUT2D eigenvalue weighted by molar-refractivity contribution is 8.00. The van der Waals surface area contributed by atoms with Crippen LogP contribution in [-0.2, 0) is 9.59 Å². The predicted molar refractivity (Wildman–Crippen MR) is 73.8 cm³/mol. The van der Waals surface area contributed by atoms with E-state index < -0.39 is 11.4 Å². The van der Waals surface area contributed by atoms with Crippen molar-refractivity contribution in [1.82, 2.24) is 5.32 Å². The molecule has 1 fully saturated rings. The zero-order valence-electron chi connectivity index (χ0n) is 11.2. The van der Waals surface area contributed by atoms with Crippen LogP contribution in [0.1, 0.15) is 46.0 Å². The lowest BCUT2D eigenvalue weighted by atomic mass is 9.79. The van der Waals surface area contributed by atoms with Crippen LogP contribution < -0.4 is 5.32 Å². The number of carbonyl (C=O) groups excluding carboxylic acids is 1. The van der Waals surface area contributed by atoms with E-state index in [1.165, 1.54) is 12.2 Å². The van der Waals surface area contributed by atoms with Gasteiger partial charge in [0.1, 0.15) is 0 Å². The molecule has 1 aliphatic heterocycles. The average molecular weight is 273 g/mol. The highest BCUT2D eigenvalue weighted by Crippen LogP contribution is 2.31. The van der Waals surface area contributed by atoms with E-state index in [1.807, 2.05) is 25.6 Å². The number of hydrogen-bond donors (Lipinski definition) is 2. The molecule has 0 aromatic rings. The molecule has 1 atom stereocenters. The fourth-order valence-electron chi connectivity index (χ4n) is 2.28. The van der Waals surface area contributed by atoms with Gasteiger partial charge in [-0.2, -0.15) is 11.8 Å². The highest BCUT2D eigenvalue weighted by atomic mass is 32.2. The van der Waals surface area contributed by atoms with Gasteiger partial charge >= 0.3 is 5.97 Å². The van der Waals surface area contributed by atoms with Gasteiger partial charge in [-0.1, -0.05) is 13.8 Å². The van der Waals surface area contributed by atoms with Crippen molar-refractivity contribution in [3.05, 3.63) is 0 Å². The van der Waals surface area contributed by atoms with Gasteiger partial charge < -0.3 is 10.4 Å². The van der Waals surface area contributed by atoms with E-state index in [0.29, 0.717) is 24.6 Å². The van der Waals surface area contributed by atoms with Gasteiger partial charge in [0.2, 0.25) is 5.91 Å². The Morgan fingerprint density at radius 1 is 1.39 bits per heavy atom. The summed E-state index contributed by atoms with van der Waals surface area (Å²) >= 11 is 1.89. The molecular formula is C13H23NO3S. The zero-order chi connectivity index (χ0) is 13.6. The number of amides is 1. The molecule has 104 valence electrons. The maximum absolute atomic E-state index is 11.9. The molecule has 5 heteroatoms. The maximum Gasteiger partial charge on any atom is 0.310 e. The predicted octanol–water partition coefficient (Wildman–Crippen LogP) is 2.28. The molecule has 0 spiro atoms. The summed E-state index contributed by atoms with van der Waals surface area (Å²) in [5.74, 6) is 0.176. The van der Waals surface area contributed by atoms with E-state index in [9.17, 15) is 14.7 Å². The zero-order valence-corrected chi connectivity index (χ0v) is 12.0. The lowest BCUT2D eigenvalue weighted by molar-refractivity contribution is -0.152. The van der Waals surface area contributed by atoms with Gasteiger partial charge in [0.15, 0.2) is 0 Å². The minimum atomic E-state index is -0.896. The standard InChI is InChI=1S/C13H23NO3S/c1-3-13(4-2,12(16)17)8-11(15)14-9-10-6-5-7-18-10/h10H,3-9H2,1-2H3,(H,14,15)(H,16,17). The molecule has 18 heavy (non-hydrogen) atoms. The maximum atomic E-state index is 11.9. The number of nitrogens with one attached hydrogen (secondary N) is 1. The van der Waals surface area contributed by atoms with Crippen molar-refractivity contribution >= 4 is 23.6 Å². The van der Waals surface area contributed by atoms with Crippen LogP contribution in [0.4, 0.5) is 0 Å². The molecule has 4 nitrogen and oxygen atoms in total. The molecule has 0 bridgehead atoms. The van der Waals surface area contributed by atoms with Crippen LogP contribution in [0.2, 0.25) is 0 Å². The second kappa shape index (κ2) is 7.02. The van der Waals surface area contributed by atoms with Crippen LogP contribution in [0, 0.1) is 5.41 Å². The molecule has 1 unspecified atom stereocenters. The summed E-state index contributed by atoms with van der Waals surface area (Å²) in [6, 6.07) is 0. The summed E-state index contributed by atoms with van der Waals surface area (Å²) in [5, 5.41) is 12.7. The Bertz CT molecular complexity index is 297. The molecule has 1 amide bonds. The van der Waals surface area contributed by atoms with Crippen molar-refractivity contribution in [2.75, 3.05) is 12.3 Å². The molecule has 0 saturated carbocycles. The van der Waals surface area contributed by atoms with Crippen molar-refractivity contribution < 1.29 is 14.7 Å². The first kappa shape index (κ1) is 15.3. The third-order valence-corrected chi connectivity index (χ3v) is 5.26. The Morgan fingerprint density at radius 3 is 2.50 bits per heavy atom. The van der Waals surface area contributed by atoms with E-state index in [2.05, 4.69) is 5.32 Å². The van der Waals surface area contributed by atoms with Gasteiger partial charge in [-0.05, 0) is 31.4 Å². The van der Waals surface area contributed by atoms with Crippen LogP contribution in [0.3, 0.4) is 0 Å². The topological polar surface area (TPSA) is 66.4 Å². The molecule has 1 heterocycles. The molecule has 0 aromatic carbocycles. The Kier molecular flexibility index (Phi) is 5.99. The molecule has 2 N–H and O–H groups in total. The Balaban J connectivity index is 2.43. The lowest BCUT2D eigenvalue weighted by Gasteiger charge is -2.26. The third-order valence-electron chi connectivity index (χ3n) is 3.86. The first-order valence-electron chi connectivity index (χ1n) is 6.65. The lowest BCUT2D eigenvalue weighted by Crippen LogP contribution is -2.38. The van der Waals surface area contributed by atoms with E-state index >= 15 is 0 Å². The van der Waals surface area contributed by atoms with E-state index in [4.69, 9.17) is 0 Å². The highest BCUT2D eigenvalue weighted by Gasteiger charge is 2.37. The first-order valence-corrected chi connectivity index (χ1v) is 7.70. The number of rotatable bonds is 7. The monoisotopic (exact) mass is 273 g/mol. The molecule has 0 aromatic heterocycles. The van der Waals surface area contributed by atoms with E-state index in [0.717, 1.165) is 6.42 Å². The van der Waals surface area contributed by atoms with Gasteiger partial charge in [-0.15, -0.1) is 0 Å². The van der Waals surface area contributed by atoms with Crippen LogP contribution >= 0.6 is 11.8 Å². The molecule has 1 saturated heterocycles. The summed E-state index contributed by atoms with van der Waals surface area (Å²) in [5.41, 5.74) is -0.896. The minimum absolute atomic E-state index is 0.0900. The molecular weight excluding hydrogens is 250 g/mol. The van der Waals surface area contributed by atoms with Crippen LogP contribution in [0.5, 0.6) is 0 Å². The number of hydrogen-bond acceptors (Lipinski definition) is 3. The second-order valence-corrected chi connectivity index (χ2v) is 6.32. The van der Waals surface area contributed by atoms with Crippen LogP contribution in [0.25, 0.3) is 0 Å². The number of carbonyl (C=O) groups is 2. The average Bonchev–Trinajstić information content (AvgIpc) is 2.86. The van der Waals surface area contributed by atoms with Crippen molar-refractivity contribution in [2.45, 2.75) is 51.2 Å². The van der Waals surface area contributed by atoms with E-state index in [-0.39, 0.29) is 12.3 Å². The van der Waals surface area contributed by atoms with Gasteiger partial charge in [-0.3, -0.25) is 9.59 Å². The first-order chi connectivity index (χ1) is 8.54. The van der Waals surface area contributed by atoms with E-state index in [1.54, 1.807) is 0 Å².